The van der Waals surface area contributed by atoms with Gasteiger partial charge in [0.15, 0.2) is 11.5 Å². The highest BCUT2D eigenvalue weighted by Gasteiger charge is 2.49. The number of aryl methyl sites for hydroxylation is 1. The first kappa shape index (κ1) is 20.7. The zero-order valence-corrected chi connectivity index (χ0v) is 17.6. The summed E-state index contributed by atoms with van der Waals surface area (Å²) in [4.78, 5) is 39.0. The first-order valence-electron chi connectivity index (χ1n) is 10.2. The molecule has 2 aliphatic heterocycles. The molecule has 2 aromatic carbocycles. The quantitative estimate of drug-likeness (QED) is 0.719. The number of hydrogen-bond donors (Lipinski definition) is 2. The molecule has 0 spiro atoms. The second kappa shape index (κ2) is 8.29. The normalized spacial score (nSPS) is 20.3. The van der Waals surface area contributed by atoms with Crippen molar-refractivity contribution in [3.63, 3.8) is 0 Å². The Bertz CT molecular complexity index is 1040. The highest BCUT2D eigenvalue weighted by Crippen LogP contribution is 2.36. The van der Waals surface area contributed by atoms with Crippen molar-refractivity contribution in [2.24, 2.45) is 0 Å². The molecule has 0 radical (unpaired) electrons. The minimum Gasteiger partial charge on any atom is -0.490 e. The molecule has 4 amide bonds. The van der Waals surface area contributed by atoms with Crippen molar-refractivity contribution in [2.45, 2.75) is 32.4 Å². The Morgan fingerprint density at radius 1 is 1.13 bits per heavy atom. The van der Waals surface area contributed by atoms with E-state index in [9.17, 15) is 14.4 Å². The molecule has 2 aliphatic rings. The van der Waals surface area contributed by atoms with Crippen LogP contribution in [0.25, 0.3) is 0 Å². The first-order valence-corrected chi connectivity index (χ1v) is 10.2. The molecule has 0 saturated carbocycles. The number of nitrogens with one attached hydrogen (secondary N) is 2. The maximum Gasteiger partial charge on any atom is 0.325 e. The van der Waals surface area contributed by atoms with Gasteiger partial charge in [-0.05, 0) is 42.7 Å². The van der Waals surface area contributed by atoms with Crippen LogP contribution < -0.4 is 20.1 Å². The van der Waals surface area contributed by atoms with Crippen LogP contribution in [0.15, 0.2) is 42.5 Å². The van der Waals surface area contributed by atoms with Crippen molar-refractivity contribution in [2.75, 3.05) is 19.8 Å². The second-order valence-electron chi connectivity index (χ2n) is 7.86. The van der Waals surface area contributed by atoms with Crippen LogP contribution in [-0.2, 0) is 21.7 Å². The van der Waals surface area contributed by atoms with Crippen molar-refractivity contribution in [3.05, 3.63) is 59.2 Å². The lowest BCUT2D eigenvalue weighted by Gasteiger charge is -2.23. The van der Waals surface area contributed by atoms with Crippen LogP contribution >= 0.6 is 0 Å². The molecule has 31 heavy (non-hydrogen) atoms. The number of ether oxygens (including phenoxy) is 2. The Hall–Kier alpha value is -3.55. The number of hydrogen-bond acceptors (Lipinski definition) is 5. The van der Waals surface area contributed by atoms with E-state index in [0.717, 1.165) is 22.4 Å². The van der Waals surface area contributed by atoms with Crippen LogP contribution in [0.3, 0.4) is 0 Å². The maximum atomic E-state index is 13.1. The number of nitrogens with zero attached hydrogens (tertiary/aromatic N) is 1. The standard InChI is InChI=1S/C23H25N3O5/c1-15-6-3-4-7-16(15)13-24-20(27)14-26-21(28)23(2,25-22(26)29)17-8-9-18-19(12-17)31-11-5-10-30-18/h3-4,6-9,12H,5,10-11,13-14H2,1-2H3,(H,24,27)(H,25,29). The fraction of sp³-hybridized carbons (Fsp3) is 0.348. The molecule has 0 bridgehead atoms. The number of amides is 4. The number of benzene rings is 2. The van der Waals surface area contributed by atoms with Crippen LogP contribution in [0, 0.1) is 6.92 Å². The molecule has 1 atom stereocenters. The van der Waals surface area contributed by atoms with Gasteiger partial charge in [-0.2, -0.15) is 0 Å². The summed E-state index contributed by atoms with van der Waals surface area (Å²) < 4.78 is 11.3. The van der Waals surface area contributed by atoms with Crippen LogP contribution in [0.1, 0.15) is 30.0 Å². The Morgan fingerprint density at radius 3 is 2.65 bits per heavy atom. The number of rotatable bonds is 5. The van der Waals surface area contributed by atoms with E-state index in [-0.39, 0.29) is 6.54 Å². The average molecular weight is 423 g/mol. The summed E-state index contributed by atoms with van der Waals surface area (Å²) >= 11 is 0. The van der Waals surface area contributed by atoms with Crippen LogP contribution in [0.5, 0.6) is 11.5 Å². The predicted octanol–water partition coefficient (Wildman–Crippen LogP) is 2.24. The van der Waals surface area contributed by atoms with E-state index in [1.807, 2.05) is 31.2 Å². The molecule has 162 valence electrons. The van der Waals surface area contributed by atoms with Gasteiger partial charge in [0.05, 0.1) is 13.2 Å². The van der Waals surface area contributed by atoms with E-state index in [4.69, 9.17) is 9.47 Å². The van der Waals surface area contributed by atoms with Gasteiger partial charge in [0.2, 0.25) is 5.91 Å². The van der Waals surface area contributed by atoms with E-state index in [2.05, 4.69) is 10.6 Å². The summed E-state index contributed by atoms with van der Waals surface area (Å²) in [6, 6.07) is 12.3. The van der Waals surface area contributed by atoms with Crippen LogP contribution in [-0.4, -0.2) is 42.5 Å². The van der Waals surface area contributed by atoms with Gasteiger partial charge >= 0.3 is 6.03 Å². The molecule has 2 aromatic rings. The van der Waals surface area contributed by atoms with Gasteiger partial charge in [0.1, 0.15) is 12.1 Å². The minimum absolute atomic E-state index is 0.328. The van der Waals surface area contributed by atoms with E-state index in [0.29, 0.717) is 36.8 Å². The van der Waals surface area contributed by atoms with Gasteiger partial charge in [-0.1, -0.05) is 30.3 Å². The zero-order valence-electron chi connectivity index (χ0n) is 17.6. The van der Waals surface area contributed by atoms with Crippen molar-refractivity contribution in [1.82, 2.24) is 15.5 Å². The summed E-state index contributed by atoms with van der Waals surface area (Å²) in [6.45, 7) is 4.63. The topological polar surface area (TPSA) is 97.0 Å². The average Bonchev–Trinajstić information content (AvgIpc) is 2.92. The fourth-order valence-corrected chi connectivity index (χ4v) is 3.71. The molecular formula is C23H25N3O5. The van der Waals surface area contributed by atoms with Crippen molar-refractivity contribution in [1.29, 1.82) is 0 Å². The third kappa shape index (κ3) is 4.05. The summed E-state index contributed by atoms with van der Waals surface area (Å²) in [6.07, 6.45) is 0.766. The molecule has 1 saturated heterocycles. The molecule has 0 aromatic heterocycles. The van der Waals surface area contributed by atoms with Crippen molar-refractivity contribution < 1.29 is 23.9 Å². The smallest absolute Gasteiger partial charge is 0.325 e. The molecule has 2 heterocycles. The number of imide groups is 1. The third-order valence-corrected chi connectivity index (χ3v) is 5.64. The van der Waals surface area contributed by atoms with Gasteiger partial charge < -0.3 is 20.1 Å². The fourth-order valence-electron chi connectivity index (χ4n) is 3.71. The zero-order chi connectivity index (χ0) is 22.0. The summed E-state index contributed by atoms with van der Waals surface area (Å²) in [5.74, 6) is 0.245. The molecule has 8 heteroatoms. The van der Waals surface area contributed by atoms with Crippen molar-refractivity contribution >= 4 is 17.8 Å². The lowest BCUT2D eigenvalue weighted by molar-refractivity contribution is -0.134. The van der Waals surface area contributed by atoms with Gasteiger partial charge in [-0.3, -0.25) is 14.5 Å². The highest BCUT2D eigenvalue weighted by molar-refractivity contribution is 6.09. The van der Waals surface area contributed by atoms with Crippen LogP contribution in [0.4, 0.5) is 4.79 Å². The summed E-state index contributed by atoms with van der Waals surface area (Å²) in [5, 5.41) is 5.49. The Balaban J connectivity index is 1.46. The van der Waals surface area contributed by atoms with E-state index in [1.165, 1.54) is 0 Å². The minimum atomic E-state index is -1.29. The van der Waals surface area contributed by atoms with Gasteiger partial charge in [-0.25, -0.2) is 4.79 Å². The monoisotopic (exact) mass is 423 g/mol. The highest BCUT2D eigenvalue weighted by atomic mass is 16.5. The van der Waals surface area contributed by atoms with Crippen LogP contribution in [0.2, 0.25) is 0 Å². The molecule has 1 unspecified atom stereocenters. The number of carbonyl (C=O) groups is 3. The number of urea groups is 1. The third-order valence-electron chi connectivity index (χ3n) is 5.64. The Labute approximate surface area is 180 Å². The van der Waals surface area contributed by atoms with Crippen molar-refractivity contribution in [3.8, 4) is 11.5 Å². The summed E-state index contributed by atoms with van der Waals surface area (Å²) in [7, 11) is 0. The number of fused-ring (bicyclic) bond motifs is 1. The molecular weight excluding hydrogens is 398 g/mol. The lowest BCUT2D eigenvalue weighted by atomic mass is 9.91. The molecule has 2 N–H and O–H groups in total. The molecule has 1 fully saturated rings. The molecule has 0 aliphatic carbocycles. The van der Waals surface area contributed by atoms with Gasteiger partial charge in [0, 0.05) is 13.0 Å². The molecule has 8 nitrogen and oxygen atoms in total. The van der Waals surface area contributed by atoms with E-state index >= 15 is 0 Å². The predicted molar refractivity (Wildman–Crippen MR) is 113 cm³/mol. The Morgan fingerprint density at radius 2 is 1.87 bits per heavy atom. The van der Waals surface area contributed by atoms with E-state index < -0.39 is 23.4 Å². The Kier molecular flexibility index (Phi) is 5.54. The second-order valence-corrected chi connectivity index (χ2v) is 7.86. The molecule has 4 rings (SSSR count). The maximum absolute atomic E-state index is 13.1. The van der Waals surface area contributed by atoms with Gasteiger partial charge in [-0.15, -0.1) is 0 Å². The van der Waals surface area contributed by atoms with E-state index in [1.54, 1.807) is 25.1 Å². The SMILES string of the molecule is Cc1ccccc1CNC(=O)CN1C(=O)NC(C)(c2ccc3c(c2)OCCCO3)C1=O. The lowest BCUT2D eigenvalue weighted by Crippen LogP contribution is -2.43. The first-order chi connectivity index (χ1) is 14.9. The van der Waals surface area contributed by atoms with Gasteiger partial charge in [0.25, 0.3) is 5.91 Å². The largest absolute Gasteiger partial charge is 0.490 e. The number of carbonyl (C=O) groups excluding carboxylic acids is 3. The summed E-state index contributed by atoms with van der Waals surface area (Å²) in [5.41, 5.74) is 1.31.